The maximum atomic E-state index is 13.3. The first kappa shape index (κ1) is 23.5. The number of nitrogens with one attached hydrogen (secondary N) is 1. The van der Waals surface area contributed by atoms with Crippen LogP contribution in [-0.4, -0.2) is 33.7 Å². The van der Waals surface area contributed by atoms with E-state index in [0.29, 0.717) is 17.0 Å². The number of hydrogen-bond donors (Lipinski definition) is 1. The van der Waals surface area contributed by atoms with Crippen molar-refractivity contribution in [2.24, 2.45) is 5.10 Å². The minimum atomic E-state index is -3.97. The van der Waals surface area contributed by atoms with E-state index >= 15 is 0 Å². The van der Waals surface area contributed by atoms with Crippen molar-refractivity contribution in [3.05, 3.63) is 90.0 Å². The maximum Gasteiger partial charge on any atom is 0.264 e. The van der Waals surface area contributed by atoms with Crippen LogP contribution >= 0.6 is 0 Å². The molecule has 0 aliphatic carbocycles. The fourth-order valence-electron chi connectivity index (χ4n) is 2.93. The second kappa shape index (κ2) is 10.9. The molecule has 0 aliphatic rings. The molecule has 3 rings (SSSR count). The average Bonchev–Trinajstić information content (AvgIpc) is 2.82. The van der Waals surface area contributed by atoms with Crippen molar-refractivity contribution >= 4 is 27.8 Å². The topological polar surface area (TPSA) is 112 Å². The van der Waals surface area contributed by atoms with E-state index in [0.717, 1.165) is 9.87 Å². The lowest BCUT2D eigenvalue weighted by Gasteiger charge is -2.24. The predicted molar refractivity (Wildman–Crippen MR) is 125 cm³/mol. The van der Waals surface area contributed by atoms with Gasteiger partial charge in [-0.25, -0.2) is 13.8 Å². The van der Waals surface area contributed by atoms with E-state index in [4.69, 9.17) is 10.00 Å². The number of carbonyl (C=O) groups excluding carboxylic acids is 1. The molecule has 3 aromatic carbocycles. The summed E-state index contributed by atoms with van der Waals surface area (Å²) in [5.74, 6) is -0.0566. The first-order valence-electron chi connectivity index (χ1n) is 9.96. The van der Waals surface area contributed by atoms with Crippen LogP contribution in [0.3, 0.4) is 0 Å². The van der Waals surface area contributed by atoms with Gasteiger partial charge in [0.1, 0.15) is 18.4 Å². The standard InChI is InChI=1S/C24H22N4O4S/c1-19-6-5-7-21(16-19)28(33(30,31)23-8-3-2-4-9-23)18-24(29)27-26-17-20-10-12-22(13-11-20)32-15-14-25/h2-13,16-17H,15,18H2,1H3,(H,27,29)/b26-17+. The van der Waals surface area contributed by atoms with Crippen LogP contribution in [0, 0.1) is 18.3 Å². The number of benzene rings is 3. The van der Waals surface area contributed by atoms with E-state index in [9.17, 15) is 13.2 Å². The minimum absolute atomic E-state index is 0.0488. The summed E-state index contributed by atoms with van der Waals surface area (Å²) in [5.41, 5.74) is 4.30. The third kappa shape index (κ3) is 6.41. The van der Waals surface area contributed by atoms with Crippen LogP contribution in [0.1, 0.15) is 11.1 Å². The minimum Gasteiger partial charge on any atom is -0.479 e. The van der Waals surface area contributed by atoms with Crippen molar-refractivity contribution in [2.75, 3.05) is 17.5 Å². The highest BCUT2D eigenvalue weighted by Gasteiger charge is 2.27. The van der Waals surface area contributed by atoms with Gasteiger partial charge in [-0.15, -0.1) is 0 Å². The molecule has 0 heterocycles. The SMILES string of the molecule is Cc1cccc(N(CC(=O)N/N=C/c2ccc(OCC#N)cc2)S(=O)(=O)c2ccccc2)c1. The molecule has 0 aliphatic heterocycles. The molecule has 0 bridgehead atoms. The van der Waals surface area contributed by atoms with Crippen LogP contribution < -0.4 is 14.5 Å². The van der Waals surface area contributed by atoms with E-state index in [1.54, 1.807) is 60.7 Å². The van der Waals surface area contributed by atoms with Crippen LogP contribution in [0.25, 0.3) is 0 Å². The zero-order chi connectivity index (χ0) is 23.7. The zero-order valence-electron chi connectivity index (χ0n) is 17.9. The lowest BCUT2D eigenvalue weighted by Crippen LogP contribution is -2.39. The smallest absolute Gasteiger partial charge is 0.264 e. The highest BCUT2D eigenvalue weighted by atomic mass is 32.2. The van der Waals surface area contributed by atoms with Crippen LogP contribution in [0.4, 0.5) is 5.69 Å². The highest BCUT2D eigenvalue weighted by Crippen LogP contribution is 2.24. The Morgan fingerprint density at radius 1 is 1.09 bits per heavy atom. The first-order valence-corrected chi connectivity index (χ1v) is 11.4. The molecule has 8 nitrogen and oxygen atoms in total. The number of nitrogens with zero attached hydrogens (tertiary/aromatic N) is 3. The van der Waals surface area contributed by atoms with E-state index in [-0.39, 0.29) is 11.5 Å². The van der Waals surface area contributed by atoms with Crippen molar-refractivity contribution in [1.82, 2.24) is 5.43 Å². The average molecular weight is 463 g/mol. The summed E-state index contributed by atoms with van der Waals surface area (Å²) in [6, 6.07) is 23.5. The highest BCUT2D eigenvalue weighted by molar-refractivity contribution is 7.92. The van der Waals surface area contributed by atoms with E-state index in [2.05, 4.69) is 10.5 Å². The van der Waals surface area contributed by atoms with Crippen LogP contribution in [0.5, 0.6) is 5.75 Å². The fourth-order valence-corrected chi connectivity index (χ4v) is 4.36. The summed E-state index contributed by atoms with van der Waals surface area (Å²) < 4.78 is 32.7. The number of anilines is 1. The molecule has 168 valence electrons. The number of rotatable bonds is 9. The number of sulfonamides is 1. The Kier molecular flexibility index (Phi) is 7.78. The van der Waals surface area contributed by atoms with Crippen molar-refractivity contribution in [1.29, 1.82) is 5.26 Å². The zero-order valence-corrected chi connectivity index (χ0v) is 18.7. The van der Waals surface area contributed by atoms with Crippen LogP contribution in [0.2, 0.25) is 0 Å². The Balaban J connectivity index is 1.74. The molecular formula is C24H22N4O4S. The Labute approximate surface area is 192 Å². The Morgan fingerprint density at radius 2 is 1.82 bits per heavy atom. The summed E-state index contributed by atoms with van der Waals surface area (Å²) in [4.78, 5) is 12.7. The summed E-state index contributed by atoms with van der Waals surface area (Å²) in [5, 5.41) is 12.4. The van der Waals surface area contributed by atoms with Gasteiger partial charge in [-0.1, -0.05) is 30.3 Å². The van der Waals surface area contributed by atoms with Crippen molar-refractivity contribution in [3.8, 4) is 11.8 Å². The van der Waals surface area contributed by atoms with Crippen LogP contribution in [0.15, 0.2) is 88.9 Å². The number of ether oxygens (including phenoxy) is 1. The third-order valence-corrected chi connectivity index (χ3v) is 6.28. The van der Waals surface area contributed by atoms with Crippen LogP contribution in [-0.2, 0) is 14.8 Å². The van der Waals surface area contributed by atoms with Gasteiger partial charge in [-0.05, 0) is 66.6 Å². The molecule has 0 spiro atoms. The molecule has 9 heteroatoms. The Bertz CT molecular complexity index is 1270. The van der Waals surface area contributed by atoms with Gasteiger partial charge in [0.05, 0.1) is 16.8 Å². The van der Waals surface area contributed by atoms with Gasteiger partial charge >= 0.3 is 0 Å². The molecule has 1 amide bonds. The molecule has 0 saturated carbocycles. The van der Waals surface area contributed by atoms with Gasteiger partial charge < -0.3 is 4.74 Å². The maximum absolute atomic E-state index is 13.3. The molecule has 0 fully saturated rings. The normalized spacial score (nSPS) is 11.0. The first-order chi connectivity index (χ1) is 15.9. The molecule has 0 saturated heterocycles. The number of amides is 1. The van der Waals surface area contributed by atoms with Gasteiger partial charge in [0.2, 0.25) is 0 Å². The molecule has 1 N–H and O–H groups in total. The molecule has 0 atom stereocenters. The van der Waals surface area contributed by atoms with E-state index < -0.39 is 22.5 Å². The van der Waals surface area contributed by atoms with Crippen molar-refractivity contribution in [2.45, 2.75) is 11.8 Å². The van der Waals surface area contributed by atoms with Gasteiger partial charge in [-0.3, -0.25) is 9.10 Å². The summed E-state index contributed by atoms with van der Waals surface area (Å²) in [6.07, 6.45) is 1.43. The Morgan fingerprint density at radius 3 is 2.48 bits per heavy atom. The molecule has 0 radical (unpaired) electrons. The van der Waals surface area contributed by atoms with E-state index in [1.807, 2.05) is 19.1 Å². The molecule has 3 aromatic rings. The monoisotopic (exact) mass is 462 g/mol. The summed E-state index contributed by atoms with van der Waals surface area (Å²) >= 11 is 0. The van der Waals surface area contributed by atoms with Gasteiger partial charge in [0.15, 0.2) is 6.61 Å². The number of carbonyl (C=O) groups is 1. The van der Waals surface area contributed by atoms with E-state index in [1.165, 1.54) is 18.3 Å². The number of aryl methyl sites for hydroxylation is 1. The molecular weight excluding hydrogens is 440 g/mol. The second-order valence-electron chi connectivity index (χ2n) is 6.97. The predicted octanol–water partition coefficient (Wildman–Crippen LogP) is 3.24. The molecule has 33 heavy (non-hydrogen) atoms. The Hall–Kier alpha value is -4.16. The number of hydrogen-bond acceptors (Lipinski definition) is 6. The largest absolute Gasteiger partial charge is 0.479 e. The quantitative estimate of drug-likeness (QED) is 0.388. The van der Waals surface area contributed by atoms with Crippen molar-refractivity contribution in [3.63, 3.8) is 0 Å². The third-order valence-electron chi connectivity index (χ3n) is 4.49. The second-order valence-corrected chi connectivity index (χ2v) is 8.84. The van der Waals surface area contributed by atoms with Crippen molar-refractivity contribution < 1.29 is 17.9 Å². The van der Waals surface area contributed by atoms with Gasteiger partial charge in [0.25, 0.3) is 15.9 Å². The number of nitriles is 1. The summed E-state index contributed by atoms with van der Waals surface area (Å²) in [6.45, 7) is 1.35. The lowest BCUT2D eigenvalue weighted by molar-refractivity contribution is -0.119. The lowest BCUT2D eigenvalue weighted by atomic mass is 10.2. The van der Waals surface area contributed by atoms with Gasteiger partial charge in [0, 0.05) is 0 Å². The summed E-state index contributed by atoms with van der Waals surface area (Å²) in [7, 11) is -3.97. The molecule has 0 unspecified atom stereocenters. The molecule has 0 aromatic heterocycles. The number of hydrazone groups is 1. The fraction of sp³-hybridized carbons (Fsp3) is 0.125. The van der Waals surface area contributed by atoms with Gasteiger partial charge in [-0.2, -0.15) is 10.4 Å².